The average Bonchev–Trinajstić information content (AvgIpc) is 2.70. The quantitative estimate of drug-likeness (QED) is 0.821. The van der Waals surface area contributed by atoms with Crippen molar-refractivity contribution in [3.05, 3.63) is 10.6 Å². The van der Waals surface area contributed by atoms with Gasteiger partial charge in [-0.05, 0) is 0 Å². The molecule has 2 rings (SSSR count). The molecule has 0 aliphatic carbocycles. The summed E-state index contributed by atoms with van der Waals surface area (Å²) in [4.78, 5) is 18.7. The highest BCUT2D eigenvalue weighted by Gasteiger charge is 2.26. The van der Waals surface area contributed by atoms with E-state index in [1.165, 1.54) is 11.3 Å². The summed E-state index contributed by atoms with van der Waals surface area (Å²) in [5.74, 6) is 0.112. The first-order valence-electron chi connectivity index (χ1n) is 4.71. The number of anilines is 1. The summed E-state index contributed by atoms with van der Waals surface area (Å²) in [6, 6.07) is 0. The van der Waals surface area contributed by atoms with Gasteiger partial charge < -0.3 is 15.4 Å². The van der Waals surface area contributed by atoms with Gasteiger partial charge >= 0.3 is 0 Å². The number of methoxy groups -OCH3 is 1. The predicted octanol–water partition coefficient (Wildman–Crippen LogP) is 0.604. The Morgan fingerprint density at radius 1 is 1.67 bits per heavy atom. The van der Waals surface area contributed by atoms with Gasteiger partial charge in [0.05, 0.1) is 36.7 Å². The van der Waals surface area contributed by atoms with Crippen molar-refractivity contribution in [3.8, 4) is 0 Å². The zero-order valence-electron chi connectivity index (χ0n) is 8.52. The summed E-state index contributed by atoms with van der Waals surface area (Å²) in [5.41, 5.74) is 6.52. The third-order valence-corrected chi connectivity index (χ3v) is 3.25. The van der Waals surface area contributed by atoms with Crippen molar-refractivity contribution in [2.45, 2.75) is 19.5 Å². The monoisotopic (exact) mass is 227 g/mol. The van der Waals surface area contributed by atoms with Crippen molar-refractivity contribution in [2.75, 3.05) is 19.5 Å². The normalized spacial score (nSPS) is 14.3. The van der Waals surface area contributed by atoms with E-state index in [4.69, 9.17) is 10.5 Å². The zero-order chi connectivity index (χ0) is 10.8. The molecule has 0 spiro atoms. The molecule has 1 aliphatic rings. The molecule has 2 heterocycles. The van der Waals surface area contributed by atoms with Crippen LogP contribution in [0.2, 0.25) is 0 Å². The van der Waals surface area contributed by atoms with Crippen LogP contribution in [0, 0.1) is 0 Å². The van der Waals surface area contributed by atoms with Crippen LogP contribution in [0.15, 0.2) is 0 Å². The summed E-state index contributed by atoms with van der Waals surface area (Å²) in [6.07, 6.45) is 0.431. The molecule has 1 aromatic rings. The molecule has 2 N–H and O–H groups in total. The van der Waals surface area contributed by atoms with Crippen LogP contribution in [0.1, 0.15) is 17.0 Å². The molecular formula is C9H13N3O2S. The first-order valence-corrected chi connectivity index (χ1v) is 5.53. The number of thiazole rings is 1. The number of fused-ring (bicyclic) bond motifs is 1. The van der Waals surface area contributed by atoms with Crippen LogP contribution in [-0.2, 0) is 22.6 Å². The van der Waals surface area contributed by atoms with Gasteiger partial charge in [-0.3, -0.25) is 4.79 Å². The number of carbonyl (C=O) groups is 1. The number of nitrogens with two attached hydrogens (primary N) is 1. The lowest BCUT2D eigenvalue weighted by Gasteiger charge is -2.14. The molecule has 0 unspecified atom stereocenters. The van der Waals surface area contributed by atoms with Crippen LogP contribution in [0.4, 0.5) is 5.13 Å². The minimum Gasteiger partial charge on any atom is -0.384 e. The van der Waals surface area contributed by atoms with Crippen LogP contribution >= 0.6 is 11.3 Å². The minimum absolute atomic E-state index is 0.112. The summed E-state index contributed by atoms with van der Waals surface area (Å²) in [7, 11) is 1.59. The number of amides is 1. The number of hydrogen-bond acceptors (Lipinski definition) is 5. The number of ether oxygens (including phenoxy) is 1. The van der Waals surface area contributed by atoms with Crippen molar-refractivity contribution in [1.82, 2.24) is 9.88 Å². The van der Waals surface area contributed by atoms with E-state index in [2.05, 4.69) is 4.98 Å². The summed E-state index contributed by atoms with van der Waals surface area (Å²) in [5, 5.41) is 0.587. The molecule has 15 heavy (non-hydrogen) atoms. The smallest absolute Gasteiger partial charge is 0.225 e. The Bertz CT molecular complexity index is 354. The van der Waals surface area contributed by atoms with Crippen molar-refractivity contribution < 1.29 is 9.53 Å². The molecule has 1 aromatic heterocycles. The maximum atomic E-state index is 11.6. The Morgan fingerprint density at radius 3 is 3.13 bits per heavy atom. The van der Waals surface area contributed by atoms with E-state index in [-0.39, 0.29) is 5.91 Å². The second kappa shape index (κ2) is 4.16. The Labute approximate surface area is 91.9 Å². The number of hydrogen-bond donors (Lipinski definition) is 1. The van der Waals surface area contributed by atoms with Gasteiger partial charge in [0.15, 0.2) is 5.13 Å². The van der Waals surface area contributed by atoms with E-state index >= 15 is 0 Å². The second-order valence-electron chi connectivity index (χ2n) is 3.41. The van der Waals surface area contributed by atoms with Gasteiger partial charge in [0, 0.05) is 7.11 Å². The topological polar surface area (TPSA) is 68.5 Å². The highest BCUT2D eigenvalue weighted by Crippen LogP contribution is 2.29. The van der Waals surface area contributed by atoms with E-state index in [0.717, 1.165) is 10.6 Å². The first-order chi connectivity index (χ1) is 7.20. The van der Waals surface area contributed by atoms with Crippen molar-refractivity contribution >= 4 is 22.4 Å². The fourth-order valence-electron chi connectivity index (χ4n) is 1.58. The van der Waals surface area contributed by atoms with Crippen molar-refractivity contribution in [2.24, 2.45) is 0 Å². The minimum atomic E-state index is 0.112. The van der Waals surface area contributed by atoms with Crippen LogP contribution in [0.3, 0.4) is 0 Å². The molecule has 0 aromatic carbocycles. The number of nitrogen functional groups attached to an aromatic ring is 1. The fraction of sp³-hybridized carbons (Fsp3) is 0.556. The number of nitrogens with zero attached hydrogens (tertiary/aromatic N) is 2. The summed E-state index contributed by atoms with van der Waals surface area (Å²) >= 11 is 1.46. The number of rotatable bonds is 3. The Balaban J connectivity index is 1.95. The lowest BCUT2D eigenvalue weighted by Crippen LogP contribution is -2.26. The van der Waals surface area contributed by atoms with Crippen molar-refractivity contribution in [3.63, 3.8) is 0 Å². The Hall–Kier alpha value is -1.14. The van der Waals surface area contributed by atoms with E-state index in [1.54, 1.807) is 12.0 Å². The standard InChI is InChI=1S/C9H13N3O2S/c1-14-3-2-8(13)12-4-6-7(5-12)15-9(10)11-6/h2-5H2,1H3,(H2,10,11). The molecule has 0 saturated carbocycles. The van der Waals surface area contributed by atoms with E-state index in [0.29, 0.717) is 31.2 Å². The summed E-state index contributed by atoms with van der Waals surface area (Å²) in [6.45, 7) is 1.71. The molecule has 6 heteroatoms. The van der Waals surface area contributed by atoms with Crippen molar-refractivity contribution in [1.29, 1.82) is 0 Å². The van der Waals surface area contributed by atoms with Crippen LogP contribution in [-0.4, -0.2) is 29.5 Å². The zero-order valence-corrected chi connectivity index (χ0v) is 9.34. The molecule has 0 fully saturated rings. The van der Waals surface area contributed by atoms with E-state index in [9.17, 15) is 4.79 Å². The van der Waals surface area contributed by atoms with Gasteiger partial charge in [-0.1, -0.05) is 0 Å². The molecule has 1 amide bonds. The Morgan fingerprint density at radius 2 is 2.47 bits per heavy atom. The molecule has 1 aliphatic heterocycles. The first kappa shape index (κ1) is 10.4. The SMILES string of the molecule is COCCC(=O)N1Cc2nc(N)sc2C1. The second-order valence-corrected chi connectivity index (χ2v) is 4.53. The van der Waals surface area contributed by atoms with Gasteiger partial charge in [-0.2, -0.15) is 0 Å². The molecule has 0 saturated heterocycles. The van der Waals surface area contributed by atoms with Crippen LogP contribution in [0.25, 0.3) is 0 Å². The Kier molecular flexibility index (Phi) is 2.88. The maximum absolute atomic E-state index is 11.6. The van der Waals surface area contributed by atoms with Gasteiger partial charge in [0.25, 0.3) is 0 Å². The summed E-state index contributed by atoms with van der Waals surface area (Å²) < 4.78 is 4.87. The third kappa shape index (κ3) is 2.10. The van der Waals surface area contributed by atoms with E-state index < -0.39 is 0 Å². The highest BCUT2D eigenvalue weighted by atomic mass is 32.1. The molecule has 5 nitrogen and oxygen atoms in total. The van der Waals surface area contributed by atoms with Crippen LogP contribution in [0.5, 0.6) is 0 Å². The average molecular weight is 227 g/mol. The van der Waals surface area contributed by atoms with Gasteiger partial charge in [-0.25, -0.2) is 4.98 Å². The maximum Gasteiger partial charge on any atom is 0.225 e. The van der Waals surface area contributed by atoms with Crippen LogP contribution < -0.4 is 5.73 Å². The highest BCUT2D eigenvalue weighted by molar-refractivity contribution is 7.15. The molecule has 0 radical (unpaired) electrons. The lowest BCUT2D eigenvalue weighted by atomic mass is 10.4. The fourth-order valence-corrected chi connectivity index (χ4v) is 2.44. The predicted molar refractivity (Wildman–Crippen MR) is 57.3 cm³/mol. The van der Waals surface area contributed by atoms with E-state index in [1.807, 2.05) is 0 Å². The third-order valence-electron chi connectivity index (χ3n) is 2.34. The molecule has 0 bridgehead atoms. The molecular weight excluding hydrogens is 214 g/mol. The number of aromatic nitrogens is 1. The molecule has 0 atom stereocenters. The van der Waals surface area contributed by atoms with Gasteiger partial charge in [-0.15, -0.1) is 11.3 Å². The van der Waals surface area contributed by atoms with Gasteiger partial charge in [0.2, 0.25) is 5.91 Å². The largest absolute Gasteiger partial charge is 0.384 e. The molecule has 82 valence electrons. The number of carbonyl (C=O) groups excluding carboxylic acids is 1. The lowest BCUT2D eigenvalue weighted by molar-refractivity contribution is -0.132. The van der Waals surface area contributed by atoms with Gasteiger partial charge in [0.1, 0.15) is 0 Å².